The summed E-state index contributed by atoms with van der Waals surface area (Å²) < 4.78 is 26.8. The van der Waals surface area contributed by atoms with Gasteiger partial charge in [0, 0.05) is 51.0 Å². The Labute approximate surface area is 170 Å². The third-order valence-corrected chi connectivity index (χ3v) is 6.20. The van der Waals surface area contributed by atoms with Crippen molar-refractivity contribution >= 4 is 21.8 Å². The second kappa shape index (κ2) is 9.62. The Morgan fingerprint density at radius 1 is 0.897 bits per heavy atom. The molecule has 0 bridgehead atoms. The lowest BCUT2D eigenvalue weighted by Crippen LogP contribution is -2.51. The van der Waals surface area contributed by atoms with Crippen LogP contribution >= 0.6 is 0 Å². The van der Waals surface area contributed by atoms with E-state index in [9.17, 15) is 18.0 Å². The number of hydrogen-bond donors (Lipinski definition) is 1. The number of nitrogens with one attached hydrogen (secondary N) is 1. The monoisotopic (exact) mass is 416 g/mol. The Morgan fingerprint density at radius 2 is 1.52 bits per heavy atom. The van der Waals surface area contributed by atoms with Crippen molar-refractivity contribution in [1.29, 1.82) is 0 Å². The number of sulfonamides is 1. The molecule has 3 rings (SSSR count). The molecule has 1 N–H and O–H groups in total. The zero-order valence-electron chi connectivity index (χ0n) is 16.0. The van der Waals surface area contributed by atoms with Crippen molar-refractivity contribution in [2.45, 2.75) is 17.7 Å². The van der Waals surface area contributed by atoms with Gasteiger partial charge in [0.2, 0.25) is 21.8 Å². The number of benzene rings is 1. The summed E-state index contributed by atoms with van der Waals surface area (Å²) >= 11 is 0. The van der Waals surface area contributed by atoms with Gasteiger partial charge in [-0.25, -0.2) is 13.1 Å². The first-order chi connectivity index (χ1) is 14.0. The molecule has 2 amide bonds. The van der Waals surface area contributed by atoms with E-state index in [0.29, 0.717) is 26.2 Å². The van der Waals surface area contributed by atoms with Crippen molar-refractivity contribution in [1.82, 2.24) is 19.5 Å². The number of carbonyl (C=O) groups is 2. The van der Waals surface area contributed by atoms with E-state index in [-0.39, 0.29) is 36.1 Å². The Bertz CT molecular complexity index is 927. The van der Waals surface area contributed by atoms with Gasteiger partial charge < -0.3 is 9.80 Å². The summed E-state index contributed by atoms with van der Waals surface area (Å²) in [5.74, 6) is -0.135. The van der Waals surface area contributed by atoms with Crippen LogP contribution in [0.5, 0.6) is 0 Å². The molecule has 2 aromatic rings. The molecule has 1 aromatic heterocycles. The lowest BCUT2D eigenvalue weighted by molar-refractivity contribution is -0.139. The lowest BCUT2D eigenvalue weighted by Gasteiger charge is -2.35. The standard InChI is InChI=1S/C20H24N4O4S/c25-19(9-11-22-29(27,28)18-7-2-1-3-8-18)23-12-14-24(15-13-23)20(26)16-17-6-4-5-10-21-17/h1-8,10,22H,9,11-16H2. The average Bonchev–Trinajstić information content (AvgIpc) is 2.75. The Morgan fingerprint density at radius 3 is 2.14 bits per heavy atom. The Kier molecular flexibility index (Phi) is 6.95. The molecule has 0 atom stereocenters. The number of nitrogens with zero attached hydrogens (tertiary/aromatic N) is 3. The molecule has 2 heterocycles. The number of amides is 2. The minimum Gasteiger partial charge on any atom is -0.339 e. The highest BCUT2D eigenvalue weighted by atomic mass is 32.2. The molecule has 9 heteroatoms. The lowest BCUT2D eigenvalue weighted by atomic mass is 10.2. The fourth-order valence-electron chi connectivity index (χ4n) is 3.11. The van der Waals surface area contributed by atoms with Crippen LogP contribution in [0.4, 0.5) is 0 Å². The summed E-state index contributed by atoms with van der Waals surface area (Å²) in [5, 5.41) is 0. The highest BCUT2D eigenvalue weighted by Crippen LogP contribution is 2.09. The van der Waals surface area contributed by atoms with Crippen molar-refractivity contribution in [3.63, 3.8) is 0 Å². The summed E-state index contributed by atoms with van der Waals surface area (Å²) in [4.78, 5) is 32.5. The maximum absolute atomic E-state index is 12.4. The van der Waals surface area contributed by atoms with E-state index < -0.39 is 10.0 Å². The van der Waals surface area contributed by atoms with E-state index in [2.05, 4.69) is 9.71 Å². The predicted molar refractivity (Wildman–Crippen MR) is 107 cm³/mol. The summed E-state index contributed by atoms with van der Waals surface area (Å²) in [7, 11) is -3.62. The molecule has 1 aliphatic rings. The number of carbonyl (C=O) groups excluding carboxylic acids is 2. The van der Waals surface area contributed by atoms with Crippen LogP contribution in [0.1, 0.15) is 12.1 Å². The smallest absolute Gasteiger partial charge is 0.240 e. The van der Waals surface area contributed by atoms with Gasteiger partial charge in [0.1, 0.15) is 0 Å². The number of aromatic nitrogens is 1. The van der Waals surface area contributed by atoms with Gasteiger partial charge in [-0.15, -0.1) is 0 Å². The van der Waals surface area contributed by atoms with Crippen LogP contribution in [-0.2, 0) is 26.0 Å². The fraction of sp³-hybridized carbons (Fsp3) is 0.350. The highest BCUT2D eigenvalue weighted by Gasteiger charge is 2.24. The number of hydrogen-bond acceptors (Lipinski definition) is 5. The maximum atomic E-state index is 12.4. The van der Waals surface area contributed by atoms with Crippen molar-refractivity contribution in [2.24, 2.45) is 0 Å². The molecule has 29 heavy (non-hydrogen) atoms. The fourth-order valence-corrected chi connectivity index (χ4v) is 4.16. The summed E-state index contributed by atoms with van der Waals surface area (Å²) in [6.45, 7) is 1.85. The van der Waals surface area contributed by atoms with E-state index in [1.807, 2.05) is 12.1 Å². The molecule has 1 saturated heterocycles. The van der Waals surface area contributed by atoms with Crippen LogP contribution in [0.2, 0.25) is 0 Å². The average molecular weight is 417 g/mol. The van der Waals surface area contributed by atoms with Gasteiger partial charge in [-0.1, -0.05) is 24.3 Å². The molecular formula is C20H24N4O4S. The molecule has 154 valence electrons. The van der Waals surface area contributed by atoms with Crippen molar-refractivity contribution in [3.05, 3.63) is 60.4 Å². The molecule has 0 spiro atoms. The minimum atomic E-state index is -3.62. The van der Waals surface area contributed by atoms with Crippen LogP contribution in [0, 0.1) is 0 Å². The molecule has 0 unspecified atom stereocenters. The van der Waals surface area contributed by atoms with Gasteiger partial charge >= 0.3 is 0 Å². The van der Waals surface area contributed by atoms with Crippen LogP contribution in [-0.4, -0.2) is 67.7 Å². The molecule has 0 aliphatic carbocycles. The summed E-state index contributed by atoms with van der Waals surface area (Å²) in [6.07, 6.45) is 1.98. The Balaban J connectivity index is 1.41. The van der Waals surface area contributed by atoms with Gasteiger partial charge in [0.05, 0.1) is 11.3 Å². The molecule has 1 aliphatic heterocycles. The van der Waals surface area contributed by atoms with Gasteiger partial charge in [-0.05, 0) is 24.3 Å². The Hall–Kier alpha value is -2.78. The molecule has 8 nitrogen and oxygen atoms in total. The topological polar surface area (TPSA) is 99.7 Å². The zero-order chi connectivity index (χ0) is 20.7. The van der Waals surface area contributed by atoms with E-state index in [4.69, 9.17) is 0 Å². The van der Waals surface area contributed by atoms with E-state index >= 15 is 0 Å². The van der Waals surface area contributed by atoms with Crippen LogP contribution in [0.25, 0.3) is 0 Å². The van der Waals surface area contributed by atoms with Crippen LogP contribution in [0.3, 0.4) is 0 Å². The first-order valence-electron chi connectivity index (χ1n) is 9.46. The van der Waals surface area contributed by atoms with Crippen molar-refractivity contribution in [2.75, 3.05) is 32.7 Å². The molecular weight excluding hydrogens is 392 g/mol. The second-order valence-electron chi connectivity index (χ2n) is 6.72. The van der Waals surface area contributed by atoms with Gasteiger partial charge in [-0.2, -0.15) is 0 Å². The van der Waals surface area contributed by atoms with Gasteiger partial charge in [-0.3, -0.25) is 14.6 Å². The van der Waals surface area contributed by atoms with Crippen LogP contribution in [0.15, 0.2) is 59.6 Å². The minimum absolute atomic E-state index is 0.00794. The first-order valence-corrected chi connectivity index (χ1v) is 10.9. The van der Waals surface area contributed by atoms with E-state index in [1.54, 1.807) is 40.3 Å². The molecule has 1 fully saturated rings. The van der Waals surface area contributed by atoms with Crippen molar-refractivity contribution < 1.29 is 18.0 Å². The molecule has 0 saturated carbocycles. The highest BCUT2D eigenvalue weighted by molar-refractivity contribution is 7.89. The second-order valence-corrected chi connectivity index (χ2v) is 8.49. The first kappa shape index (κ1) is 20.9. The van der Waals surface area contributed by atoms with Gasteiger partial charge in [0.15, 0.2) is 0 Å². The zero-order valence-corrected chi connectivity index (χ0v) is 16.8. The predicted octanol–water partition coefficient (Wildman–Crippen LogP) is 0.663. The maximum Gasteiger partial charge on any atom is 0.240 e. The number of piperazine rings is 1. The number of rotatable bonds is 7. The van der Waals surface area contributed by atoms with Crippen molar-refractivity contribution in [3.8, 4) is 0 Å². The quantitative estimate of drug-likeness (QED) is 0.715. The van der Waals surface area contributed by atoms with Crippen LogP contribution < -0.4 is 4.72 Å². The molecule has 0 radical (unpaired) electrons. The largest absolute Gasteiger partial charge is 0.339 e. The van der Waals surface area contributed by atoms with Gasteiger partial charge in [0.25, 0.3) is 0 Å². The van der Waals surface area contributed by atoms with E-state index in [0.717, 1.165) is 5.69 Å². The SMILES string of the molecule is O=C(CCNS(=O)(=O)c1ccccc1)N1CCN(C(=O)Cc2ccccn2)CC1. The third kappa shape index (κ3) is 5.85. The molecule has 1 aromatic carbocycles. The third-order valence-electron chi connectivity index (χ3n) is 4.73. The normalized spacial score (nSPS) is 14.6. The number of pyridine rings is 1. The summed E-state index contributed by atoms with van der Waals surface area (Å²) in [6, 6.07) is 13.5. The summed E-state index contributed by atoms with van der Waals surface area (Å²) in [5.41, 5.74) is 0.724. The van der Waals surface area contributed by atoms with E-state index in [1.165, 1.54) is 12.1 Å².